The van der Waals surface area contributed by atoms with Gasteiger partial charge >= 0.3 is 5.97 Å². The van der Waals surface area contributed by atoms with Gasteiger partial charge in [-0.05, 0) is 24.6 Å². The molecule has 0 aliphatic rings. The van der Waals surface area contributed by atoms with Crippen molar-refractivity contribution in [2.45, 2.75) is 32.2 Å². The van der Waals surface area contributed by atoms with Gasteiger partial charge in [0.05, 0.1) is 0 Å². The number of benzene rings is 1. The number of hydrogen-bond acceptors (Lipinski definition) is 2. The van der Waals surface area contributed by atoms with E-state index in [1.165, 1.54) is 6.07 Å². The van der Waals surface area contributed by atoms with E-state index in [9.17, 15) is 14.0 Å². The molecular formula is C13H15ClFNO3. The van der Waals surface area contributed by atoms with Gasteiger partial charge in [-0.15, -0.1) is 0 Å². The van der Waals surface area contributed by atoms with Crippen LogP contribution in [0.1, 0.15) is 36.5 Å². The second-order valence-electron chi connectivity index (χ2n) is 4.16. The molecular weight excluding hydrogens is 273 g/mol. The lowest BCUT2D eigenvalue weighted by molar-refractivity contribution is -0.139. The van der Waals surface area contributed by atoms with E-state index in [4.69, 9.17) is 16.7 Å². The summed E-state index contributed by atoms with van der Waals surface area (Å²) in [4.78, 5) is 22.8. The topological polar surface area (TPSA) is 66.4 Å². The molecule has 104 valence electrons. The maximum absolute atomic E-state index is 13.1. The van der Waals surface area contributed by atoms with Crippen molar-refractivity contribution < 1.29 is 19.1 Å². The van der Waals surface area contributed by atoms with Crippen molar-refractivity contribution in [3.63, 3.8) is 0 Å². The molecule has 1 rings (SSSR count). The number of amides is 1. The van der Waals surface area contributed by atoms with Gasteiger partial charge in [-0.25, -0.2) is 9.18 Å². The molecule has 0 bridgehead atoms. The van der Waals surface area contributed by atoms with Crippen LogP contribution in [-0.2, 0) is 4.79 Å². The van der Waals surface area contributed by atoms with Crippen molar-refractivity contribution in [2.24, 2.45) is 0 Å². The van der Waals surface area contributed by atoms with Crippen LogP contribution < -0.4 is 5.32 Å². The summed E-state index contributed by atoms with van der Waals surface area (Å²) in [6, 6.07) is 2.40. The molecule has 1 aromatic rings. The first-order valence-electron chi connectivity index (χ1n) is 5.93. The van der Waals surface area contributed by atoms with Crippen molar-refractivity contribution in [1.29, 1.82) is 0 Å². The standard InChI is InChI=1S/C13H15ClFNO3/c1-2-3-4-11(13(18)19)16-12(17)8-5-9(14)7-10(15)6-8/h5-7,11H,2-4H2,1H3,(H,16,17)(H,18,19)/t11-/m0/s1. The molecule has 0 aliphatic heterocycles. The highest BCUT2D eigenvalue weighted by atomic mass is 35.5. The van der Waals surface area contributed by atoms with E-state index < -0.39 is 23.7 Å². The lowest BCUT2D eigenvalue weighted by Gasteiger charge is -2.14. The van der Waals surface area contributed by atoms with Crippen molar-refractivity contribution in [2.75, 3.05) is 0 Å². The van der Waals surface area contributed by atoms with Gasteiger partial charge in [0.15, 0.2) is 0 Å². The third kappa shape index (κ3) is 4.87. The van der Waals surface area contributed by atoms with Gasteiger partial charge in [-0.3, -0.25) is 4.79 Å². The summed E-state index contributed by atoms with van der Waals surface area (Å²) in [6.45, 7) is 1.92. The van der Waals surface area contributed by atoms with Crippen LogP contribution in [0, 0.1) is 5.82 Å². The number of carboxylic acid groups (broad SMARTS) is 1. The van der Waals surface area contributed by atoms with E-state index >= 15 is 0 Å². The van der Waals surface area contributed by atoms with Gasteiger partial charge in [0.25, 0.3) is 5.91 Å². The van der Waals surface area contributed by atoms with Crippen LogP contribution in [0.25, 0.3) is 0 Å². The Balaban J connectivity index is 2.78. The second kappa shape index (κ2) is 7.09. The molecule has 0 aromatic heterocycles. The van der Waals surface area contributed by atoms with Crippen molar-refractivity contribution >= 4 is 23.5 Å². The molecule has 0 saturated carbocycles. The number of carboxylic acids is 1. The SMILES string of the molecule is CCCC[C@H](NC(=O)c1cc(F)cc(Cl)c1)C(=O)O. The normalized spacial score (nSPS) is 11.9. The maximum Gasteiger partial charge on any atom is 0.326 e. The molecule has 0 radical (unpaired) electrons. The van der Waals surface area contributed by atoms with Crippen molar-refractivity contribution in [3.05, 3.63) is 34.6 Å². The molecule has 0 aliphatic carbocycles. The highest BCUT2D eigenvalue weighted by Crippen LogP contribution is 2.14. The van der Waals surface area contributed by atoms with E-state index in [2.05, 4.69) is 5.32 Å². The minimum atomic E-state index is -1.11. The molecule has 1 atom stereocenters. The number of carbonyl (C=O) groups excluding carboxylic acids is 1. The number of aliphatic carboxylic acids is 1. The summed E-state index contributed by atoms with van der Waals surface area (Å²) >= 11 is 5.64. The minimum Gasteiger partial charge on any atom is -0.480 e. The number of nitrogens with one attached hydrogen (secondary N) is 1. The first-order valence-corrected chi connectivity index (χ1v) is 6.31. The van der Waals surface area contributed by atoms with E-state index in [0.717, 1.165) is 18.6 Å². The molecule has 19 heavy (non-hydrogen) atoms. The number of unbranched alkanes of at least 4 members (excludes halogenated alkanes) is 1. The largest absolute Gasteiger partial charge is 0.480 e. The van der Waals surface area contributed by atoms with E-state index in [0.29, 0.717) is 12.8 Å². The van der Waals surface area contributed by atoms with Gasteiger partial charge in [-0.2, -0.15) is 0 Å². The van der Waals surface area contributed by atoms with Crippen LogP contribution in [0.3, 0.4) is 0 Å². The molecule has 0 fully saturated rings. The lowest BCUT2D eigenvalue weighted by Crippen LogP contribution is -2.40. The number of hydrogen-bond donors (Lipinski definition) is 2. The summed E-state index contributed by atoms with van der Waals surface area (Å²) in [5.74, 6) is -2.40. The zero-order chi connectivity index (χ0) is 14.4. The summed E-state index contributed by atoms with van der Waals surface area (Å²) in [5.41, 5.74) is 0.00717. The number of carbonyl (C=O) groups is 2. The van der Waals surface area contributed by atoms with Crippen molar-refractivity contribution in [1.82, 2.24) is 5.32 Å². The first kappa shape index (κ1) is 15.4. The number of rotatable bonds is 6. The smallest absolute Gasteiger partial charge is 0.326 e. The fraction of sp³-hybridized carbons (Fsp3) is 0.385. The molecule has 0 spiro atoms. The summed E-state index contributed by atoms with van der Waals surface area (Å²) < 4.78 is 13.1. The molecule has 0 heterocycles. The molecule has 1 amide bonds. The van der Waals surface area contributed by atoms with Crippen LogP contribution in [0.5, 0.6) is 0 Å². The average molecular weight is 288 g/mol. The zero-order valence-corrected chi connectivity index (χ0v) is 11.2. The Morgan fingerprint density at radius 1 is 1.42 bits per heavy atom. The quantitative estimate of drug-likeness (QED) is 0.845. The van der Waals surface area contributed by atoms with Crippen LogP contribution in [-0.4, -0.2) is 23.0 Å². The minimum absolute atomic E-state index is 0.00717. The van der Waals surface area contributed by atoms with Crippen LogP contribution >= 0.6 is 11.6 Å². The molecule has 0 unspecified atom stereocenters. The maximum atomic E-state index is 13.1. The Morgan fingerprint density at radius 2 is 2.11 bits per heavy atom. The Bertz CT molecular complexity index is 459. The monoisotopic (exact) mass is 287 g/mol. The summed E-state index contributed by atoms with van der Waals surface area (Å²) in [6.07, 6.45) is 1.84. The third-order valence-corrected chi connectivity index (χ3v) is 2.79. The fourth-order valence-electron chi connectivity index (χ4n) is 1.59. The molecule has 1 aromatic carbocycles. The van der Waals surface area contributed by atoms with E-state index in [1.807, 2.05) is 6.92 Å². The highest BCUT2D eigenvalue weighted by molar-refractivity contribution is 6.31. The Labute approximate surface area is 115 Å². The summed E-state index contributed by atoms with van der Waals surface area (Å²) in [5, 5.41) is 11.4. The molecule has 6 heteroatoms. The third-order valence-electron chi connectivity index (χ3n) is 2.57. The molecule has 2 N–H and O–H groups in total. The van der Waals surface area contributed by atoms with E-state index in [-0.39, 0.29) is 10.6 Å². The predicted octanol–water partition coefficient (Wildman–Crippen LogP) is 2.85. The highest BCUT2D eigenvalue weighted by Gasteiger charge is 2.20. The van der Waals surface area contributed by atoms with Crippen LogP contribution in [0.4, 0.5) is 4.39 Å². The van der Waals surface area contributed by atoms with Gasteiger partial charge in [0.1, 0.15) is 11.9 Å². The Kier molecular flexibility index (Phi) is 5.76. The van der Waals surface area contributed by atoms with Gasteiger partial charge in [0, 0.05) is 10.6 Å². The van der Waals surface area contributed by atoms with Crippen molar-refractivity contribution in [3.8, 4) is 0 Å². The Morgan fingerprint density at radius 3 is 2.63 bits per heavy atom. The van der Waals surface area contributed by atoms with Crippen LogP contribution in [0.2, 0.25) is 5.02 Å². The first-order chi connectivity index (χ1) is 8.93. The second-order valence-corrected chi connectivity index (χ2v) is 4.60. The number of halogens is 2. The molecule has 4 nitrogen and oxygen atoms in total. The Hall–Kier alpha value is -1.62. The predicted molar refractivity (Wildman–Crippen MR) is 69.8 cm³/mol. The average Bonchev–Trinajstić information content (AvgIpc) is 2.32. The van der Waals surface area contributed by atoms with Gasteiger partial charge < -0.3 is 10.4 Å². The summed E-state index contributed by atoms with van der Waals surface area (Å²) in [7, 11) is 0. The zero-order valence-electron chi connectivity index (χ0n) is 10.5. The van der Waals surface area contributed by atoms with Crippen LogP contribution in [0.15, 0.2) is 18.2 Å². The van der Waals surface area contributed by atoms with Gasteiger partial charge in [0.2, 0.25) is 0 Å². The fourth-order valence-corrected chi connectivity index (χ4v) is 1.81. The van der Waals surface area contributed by atoms with E-state index in [1.54, 1.807) is 0 Å². The van der Waals surface area contributed by atoms with Gasteiger partial charge in [-0.1, -0.05) is 31.4 Å². The lowest BCUT2D eigenvalue weighted by atomic mass is 10.1. The molecule has 0 saturated heterocycles.